The van der Waals surface area contributed by atoms with Crippen molar-refractivity contribution >= 4 is 17.2 Å². The minimum Gasteiger partial charge on any atom is -0.318 e. The minimum absolute atomic E-state index is 0.0762. The number of aromatic amines is 1. The van der Waals surface area contributed by atoms with Crippen molar-refractivity contribution in [2.45, 2.75) is 6.92 Å². The van der Waals surface area contributed by atoms with Gasteiger partial charge in [0.05, 0.1) is 29.3 Å². The Balaban J connectivity index is 1.48. The van der Waals surface area contributed by atoms with Gasteiger partial charge >= 0.3 is 0 Å². The van der Waals surface area contributed by atoms with E-state index in [0.29, 0.717) is 11.5 Å². The van der Waals surface area contributed by atoms with Crippen LogP contribution in [0.15, 0.2) is 55.1 Å². The first kappa shape index (κ1) is 19.4. The molecule has 9 nitrogen and oxygen atoms in total. The number of fused-ring (bicyclic) bond motifs is 1. The van der Waals surface area contributed by atoms with Gasteiger partial charge in [-0.3, -0.25) is 9.89 Å². The van der Waals surface area contributed by atoms with Gasteiger partial charge in [-0.2, -0.15) is 5.10 Å². The first-order chi connectivity index (χ1) is 15.5. The highest BCUT2D eigenvalue weighted by Crippen LogP contribution is 2.25. The topological polar surface area (TPSA) is 114 Å². The summed E-state index contributed by atoms with van der Waals surface area (Å²) in [7, 11) is 0. The molecule has 0 fully saturated rings. The van der Waals surface area contributed by atoms with Gasteiger partial charge in [-0.15, -0.1) is 5.10 Å². The van der Waals surface area contributed by atoms with Gasteiger partial charge in [-0.25, -0.2) is 28.2 Å². The van der Waals surface area contributed by atoms with Crippen molar-refractivity contribution in [1.29, 1.82) is 0 Å². The molecule has 0 radical (unpaired) electrons. The fourth-order valence-electron chi connectivity index (χ4n) is 3.18. The predicted octanol–water partition coefficient (Wildman–Crippen LogP) is 3.42. The predicted molar refractivity (Wildman–Crippen MR) is 111 cm³/mol. The summed E-state index contributed by atoms with van der Waals surface area (Å²) in [5, 5.41) is 13.0. The molecule has 0 bridgehead atoms. The van der Waals surface area contributed by atoms with Crippen molar-refractivity contribution in [2.24, 2.45) is 0 Å². The number of halogens is 2. The Morgan fingerprint density at radius 2 is 1.97 bits per heavy atom. The van der Waals surface area contributed by atoms with Crippen LogP contribution < -0.4 is 5.32 Å². The molecule has 0 saturated heterocycles. The Morgan fingerprint density at radius 3 is 2.78 bits per heavy atom. The molecule has 1 amide bonds. The van der Waals surface area contributed by atoms with E-state index in [4.69, 9.17) is 0 Å². The first-order valence-corrected chi connectivity index (χ1v) is 9.45. The molecule has 0 unspecified atom stereocenters. The van der Waals surface area contributed by atoms with Crippen molar-refractivity contribution < 1.29 is 13.6 Å². The SMILES string of the molecule is Cc1ncnc(-c2cn[nH]c2C(=O)Nc2cc3nc(-c4ccccc4)nn3cc2F)c1F. The molecule has 5 rings (SSSR count). The quantitative estimate of drug-likeness (QED) is 0.450. The molecule has 0 aliphatic heterocycles. The van der Waals surface area contributed by atoms with Gasteiger partial charge in [0, 0.05) is 11.6 Å². The molecule has 1 aromatic carbocycles. The fraction of sp³-hybridized carbons (Fsp3) is 0.0476. The van der Waals surface area contributed by atoms with Crippen LogP contribution in [-0.2, 0) is 0 Å². The summed E-state index contributed by atoms with van der Waals surface area (Å²) < 4.78 is 30.4. The third-order valence-electron chi connectivity index (χ3n) is 4.79. The van der Waals surface area contributed by atoms with Gasteiger partial charge < -0.3 is 5.32 Å². The Bertz CT molecular complexity index is 1460. The molecular formula is C21H14F2N8O. The highest BCUT2D eigenvalue weighted by atomic mass is 19.1. The van der Waals surface area contributed by atoms with Gasteiger partial charge in [-0.05, 0) is 6.92 Å². The molecule has 158 valence electrons. The zero-order valence-electron chi connectivity index (χ0n) is 16.5. The first-order valence-electron chi connectivity index (χ1n) is 9.45. The molecule has 0 spiro atoms. The van der Waals surface area contributed by atoms with Crippen LogP contribution in [0.1, 0.15) is 16.2 Å². The molecule has 4 heterocycles. The molecule has 0 aliphatic carbocycles. The minimum atomic E-state index is -0.723. The number of amides is 1. The van der Waals surface area contributed by atoms with Gasteiger partial charge in [0.25, 0.3) is 5.91 Å². The van der Waals surface area contributed by atoms with Gasteiger partial charge in [0.15, 0.2) is 23.1 Å². The average Bonchev–Trinajstić information content (AvgIpc) is 3.44. The number of nitrogens with zero attached hydrogens (tertiary/aromatic N) is 6. The summed E-state index contributed by atoms with van der Waals surface area (Å²) in [6, 6.07) is 10.6. The summed E-state index contributed by atoms with van der Waals surface area (Å²) >= 11 is 0. The lowest BCUT2D eigenvalue weighted by Gasteiger charge is -2.08. The van der Waals surface area contributed by atoms with Crippen LogP contribution in [0.4, 0.5) is 14.5 Å². The number of aromatic nitrogens is 7. The largest absolute Gasteiger partial charge is 0.318 e. The molecule has 5 aromatic rings. The number of carbonyl (C=O) groups is 1. The number of rotatable bonds is 4. The van der Waals surface area contributed by atoms with Crippen molar-refractivity contribution in [3.05, 3.63) is 78.1 Å². The molecule has 2 N–H and O–H groups in total. The second-order valence-corrected chi connectivity index (χ2v) is 6.87. The summed E-state index contributed by atoms with van der Waals surface area (Å²) in [5.74, 6) is -1.70. The van der Waals surface area contributed by atoms with E-state index in [0.717, 1.165) is 11.8 Å². The lowest BCUT2D eigenvalue weighted by molar-refractivity contribution is 0.102. The zero-order chi connectivity index (χ0) is 22.2. The molecule has 0 atom stereocenters. The fourth-order valence-corrected chi connectivity index (χ4v) is 3.18. The molecule has 0 aliphatic rings. The number of hydrogen-bond acceptors (Lipinski definition) is 6. The Kier molecular flexibility index (Phi) is 4.62. The number of carbonyl (C=O) groups excluding carboxylic acids is 1. The van der Waals surface area contributed by atoms with Gasteiger partial charge in [0.2, 0.25) is 0 Å². The van der Waals surface area contributed by atoms with Crippen LogP contribution in [0.5, 0.6) is 0 Å². The maximum atomic E-state index is 14.7. The Morgan fingerprint density at radius 1 is 1.16 bits per heavy atom. The van der Waals surface area contributed by atoms with Crippen molar-refractivity contribution in [3.63, 3.8) is 0 Å². The lowest BCUT2D eigenvalue weighted by Crippen LogP contribution is -2.15. The highest BCUT2D eigenvalue weighted by Gasteiger charge is 2.22. The highest BCUT2D eigenvalue weighted by molar-refractivity contribution is 6.07. The third kappa shape index (κ3) is 3.35. The van der Waals surface area contributed by atoms with Crippen molar-refractivity contribution in [3.8, 4) is 22.6 Å². The number of benzene rings is 1. The second kappa shape index (κ2) is 7.61. The second-order valence-electron chi connectivity index (χ2n) is 6.87. The Hall–Kier alpha value is -4.54. The van der Waals surface area contributed by atoms with E-state index in [1.165, 1.54) is 30.0 Å². The summed E-state index contributed by atoms with van der Waals surface area (Å²) in [6.45, 7) is 1.48. The number of H-pyrrole nitrogens is 1. The van der Waals surface area contributed by atoms with Crippen molar-refractivity contribution in [1.82, 2.24) is 34.8 Å². The monoisotopic (exact) mass is 432 g/mol. The summed E-state index contributed by atoms with van der Waals surface area (Å²) in [4.78, 5) is 24.9. The number of hydrogen-bond donors (Lipinski definition) is 2. The Labute approximate surface area is 179 Å². The molecule has 11 heteroatoms. The van der Waals surface area contributed by atoms with Crippen LogP contribution in [-0.4, -0.2) is 40.7 Å². The van der Waals surface area contributed by atoms with E-state index in [1.54, 1.807) is 0 Å². The maximum absolute atomic E-state index is 14.7. The van der Waals surface area contributed by atoms with Gasteiger partial charge in [-0.1, -0.05) is 30.3 Å². The maximum Gasteiger partial charge on any atom is 0.274 e. The van der Waals surface area contributed by atoms with E-state index in [-0.39, 0.29) is 28.3 Å². The standard InChI is InChI=1S/C21H14F2N8O/c1-11-17(23)18(25-10-24-11)13-8-26-29-19(13)21(32)27-15-7-16-28-20(12-5-3-2-4-6-12)30-31(16)9-14(15)22/h2-10H,1H3,(H,26,29)(H,27,32). The van der Waals surface area contributed by atoms with E-state index < -0.39 is 17.5 Å². The molecule has 4 aromatic heterocycles. The number of aryl methyl sites for hydroxylation is 1. The summed E-state index contributed by atoms with van der Waals surface area (Å²) in [6.07, 6.45) is 3.57. The normalized spacial score (nSPS) is 11.1. The van der Waals surface area contributed by atoms with Gasteiger partial charge in [0.1, 0.15) is 17.7 Å². The number of pyridine rings is 1. The average molecular weight is 432 g/mol. The number of nitrogens with one attached hydrogen (secondary N) is 2. The van der Waals surface area contributed by atoms with Crippen LogP contribution >= 0.6 is 0 Å². The van der Waals surface area contributed by atoms with Crippen molar-refractivity contribution in [2.75, 3.05) is 5.32 Å². The van der Waals surface area contributed by atoms with Crippen LogP contribution in [0.2, 0.25) is 0 Å². The van der Waals surface area contributed by atoms with E-state index in [9.17, 15) is 13.6 Å². The van der Waals surface area contributed by atoms with E-state index in [2.05, 4.69) is 35.6 Å². The van der Waals surface area contributed by atoms with E-state index >= 15 is 0 Å². The third-order valence-corrected chi connectivity index (χ3v) is 4.79. The van der Waals surface area contributed by atoms with Crippen LogP contribution in [0.3, 0.4) is 0 Å². The smallest absolute Gasteiger partial charge is 0.274 e. The number of anilines is 1. The van der Waals surface area contributed by atoms with E-state index in [1.807, 2.05) is 30.3 Å². The van der Waals surface area contributed by atoms with Crippen LogP contribution in [0, 0.1) is 18.6 Å². The van der Waals surface area contributed by atoms with Crippen LogP contribution in [0.25, 0.3) is 28.3 Å². The zero-order valence-corrected chi connectivity index (χ0v) is 16.5. The summed E-state index contributed by atoms with van der Waals surface area (Å²) in [5.41, 5.74) is 1.08. The molecule has 32 heavy (non-hydrogen) atoms. The lowest BCUT2D eigenvalue weighted by atomic mass is 10.1. The molecular weight excluding hydrogens is 418 g/mol. The molecule has 0 saturated carbocycles.